The molecule has 3 nitrogen and oxygen atoms in total. The van der Waals surface area contributed by atoms with Crippen LogP contribution in [0.1, 0.15) is 30.0 Å². The van der Waals surface area contributed by atoms with E-state index in [9.17, 15) is 18.0 Å². The van der Waals surface area contributed by atoms with E-state index in [2.05, 4.69) is 5.32 Å². The molecule has 1 amide bonds. The van der Waals surface area contributed by atoms with Gasteiger partial charge in [-0.05, 0) is 48.2 Å². The molecule has 6 heteroatoms. The van der Waals surface area contributed by atoms with E-state index in [1.807, 2.05) is 6.07 Å². The molecule has 1 N–H and O–H groups in total. The average Bonchev–Trinajstić information content (AvgIpc) is 2.64. The lowest BCUT2D eigenvalue weighted by Crippen LogP contribution is -2.48. The van der Waals surface area contributed by atoms with E-state index in [0.29, 0.717) is 44.5 Å². The molecule has 26 heavy (non-hydrogen) atoms. The summed E-state index contributed by atoms with van der Waals surface area (Å²) in [6.07, 6.45) is 1.36. The van der Waals surface area contributed by atoms with Crippen LogP contribution in [0.25, 0.3) is 0 Å². The Labute approximate surface area is 150 Å². The number of halogens is 3. The molecule has 1 heterocycles. The fraction of sp³-hybridized carbons (Fsp3) is 0.350. The lowest BCUT2D eigenvalue weighted by molar-refractivity contribution is -0.134. The van der Waals surface area contributed by atoms with Crippen LogP contribution in [0.4, 0.5) is 13.2 Å². The van der Waals surface area contributed by atoms with E-state index < -0.39 is 11.6 Å². The van der Waals surface area contributed by atoms with Crippen LogP contribution in [0, 0.1) is 17.5 Å². The molecule has 1 aliphatic rings. The summed E-state index contributed by atoms with van der Waals surface area (Å²) >= 11 is 0. The van der Waals surface area contributed by atoms with Crippen molar-refractivity contribution in [3.05, 3.63) is 71.0 Å². The first-order valence-electron chi connectivity index (χ1n) is 8.74. The van der Waals surface area contributed by atoms with Gasteiger partial charge in [-0.15, -0.1) is 0 Å². The summed E-state index contributed by atoms with van der Waals surface area (Å²) in [4.78, 5) is 14.4. The minimum atomic E-state index is -0.873. The van der Waals surface area contributed by atoms with E-state index in [1.54, 1.807) is 11.0 Å². The second-order valence-corrected chi connectivity index (χ2v) is 6.46. The highest BCUT2D eigenvalue weighted by Crippen LogP contribution is 2.24. The first-order valence-corrected chi connectivity index (χ1v) is 8.74. The van der Waals surface area contributed by atoms with Crippen molar-refractivity contribution in [1.29, 1.82) is 0 Å². The minimum absolute atomic E-state index is 0.0108. The Morgan fingerprint density at radius 3 is 2.73 bits per heavy atom. The molecular formula is C20H21F3N2O. The third kappa shape index (κ3) is 4.43. The van der Waals surface area contributed by atoms with Gasteiger partial charge in [0.15, 0.2) is 11.6 Å². The summed E-state index contributed by atoms with van der Waals surface area (Å²) in [5, 5.41) is 3.24. The number of aryl methyl sites for hydroxylation is 1. The molecular weight excluding hydrogens is 341 g/mol. The zero-order chi connectivity index (χ0) is 18.5. The van der Waals surface area contributed by atoms with Crippen molar-refractivity contribution in [2.24, 2.45) is 0 Å². The molecule has 2 aromatic rings. The van der Waals surface area contributed by atoms with Crippen molar-refractivity contribution in [2.75, 3.05) is 19.6 Å². The Morgan fingerprint density at radius 2 is 1.96 bits per heavy atom. The number of carbonyl (C=O) groups is 1. The molecule has 0 aromatic heterocycles. The molecule has 1 unspecified atom stereocenters. The summed E-state index contributed by atoms with van der Waals surface area (Å²) in [6.45, 7) is 1.84. The average molecular weight is 362 g/mol. The number of benzene rings is 2. The standard InChI is InChI=1S/C20H21F3N2O/c21-16-5-2-4-15(12-16)19-13-24-9-10-25(19)20(26)6-1-3-14-7-8-17(22)18(23)11-14/h2,4-5,7-8,11-12,19,24H,1,3,6,9-10,13H2. The van der Waals surface area contributed by atoms with Gasteiger partial charge in [-0.3, -0.25) is 4.79 Å². The van der Waals surface area contributed by atoms with Gasteiger partial charge in [0.25, 0.3) is 0 Å². The highest BCUT2D eigenvalue weighted by Gasteiger charge is 2.27. The Morgan fingerprint density at radius 1 is 1.12 bits per heavy atom. The summed E-state index contributed by atoms with van der Waals surface area (Å²) in [6, 6.07) is 9.90. The molecule has 1 atom stereocenters. The third-order valence-corrected chi connectivity index (χ3v) is 4.64. The SMILES string of the molecule is O=C(CCCc1ccc(F)c(F)c1)N1CCNCC1c1cccc(F)c1. The normalized spacial score (nSPS) is 17.3. The van der Waals surface area contributed by atoms with Crippen molar-refractivity contribution in [1.82, 2.24) is 10.2 Å². The fourth-order valence-corrected chi connectivity index (χ4v) is 3.30. The van der Waals surface area contributed by atoms with Crippen LogP contribution in [0.5, 0.6) is 0 Å². The number of nitrogens with one attached hydrogen (secondary N) is 1. The maximum atomic E-state index is 13.5. The zero-order valence-electron chi connectivity index (χ0n) is 14.4. The van der Waals surface area contributed by atoms with Gasteiger partial charge in [0.05, 0.1) is 6.04 Å². The van der Waals surface area contributed by atoms with Gasteiger partial charge in [0.1, 0.15) is 5.82 Å². The van der Waals surface area contributed by atoms with Crippen molar-refractivity contribution >= 4 is 5.91 Å². The number of hydrogen-bond acceptors (Lipinski definition) is 2. The summed E-state index contributed by atoms with van der Waals surface area (Å²) in [5.41, 5.74) is 1.44. The lowest BCUT2D eigenvalue weighted by Gasteiger charge is -2.36. The lowest BCUT2D eigenvalue weighted by atomic mass is 10.0. The number of hydrogen-bond donors (Lipinski definition) is 1. The fourth-order valence-electron chi connectivity index (χ4n) is 3.30. The van der Waals surface area contributed by atoms with Crippen molar-refractivity contribution < 1.29 is 18.0 Å². The van der Waals surface area contributed by atoms with Gasteiger partial charge >= 0.3 is 0 Å². The first kappa shape index (κ1) is 18.5. The van der Waals surface area contributed by atoms with Gasteiger partial charge < -0.3 is 10.2 Å². The van der Waals surface area contributed by atoms with Crippen LogP contribution in [-0.2, 0) is 11.2 Å². The second kappa shape index (κ2) is 8.36. The molecule has 1 fully saturated rings. The van der Waals surface area contributed by atoms with Gasteiger partial charge in [-0.25, -0.2) is 13.2 Å². The van der Waals surface area contributed by atoms with Crippen LogP contribution in [-0.4, -0.2) is 30.4 Å². The summed E-state index contributed by atoms with van der Waals surface area (Å²) in [5.74, 6) is -2.08. The predicted molar refractivity (Wildman–Crippen MR) is 93.0 cm³/mol. The minimum Gasteiger partial charge on any atom is -0.333 e. The number of carbonyl (C=O) groups excluding carboxylic acids is 1. The Balaban J connectivity index is 1.60. The quantitative estimate of drug-likeness (QED) is 0.882. The van der Waals surface area contributed by atoms with Crippen molar-refractivity contribution in [3.63, 3.8) is 0 Å². The van der Waals surface area contributed by atoms with E-state index in [0.717, 1.165) is 11.6 Å². The first-order chi connectivity index (χ1) is 12.5. The number of nitrogens with zero attached hydrogens (tertiary/aromatic N) is 1. The number of rotatable bonds is 5. The van der Waals surface area contributed by atoms with Crippen LogP contribution >= 0.6 is 0 Å². The van der Waals surface area contributed by atoms with E-state index in [-0.39, 0.29) is 17.8 Å². The van der Waals surface area contributed by atoms with Gasteiger partial charge in [-0.1, -0.05) is 18.2 Å². The predicted octanol–water partition coefficient (Wildman–Crippen LogP) is 3.60. The zero-order valence-corrected chi connectivity index (χ0v) is 14.4. The maximum absolute atomic E-state index is 13.5. The van der Waals surface area contributed by atoms with E-state index in [1.165, 1.54) is 24.3 Å². The largest absolute Gasteiger partial charge is 0.333 e. The second-order valence-electron chi connectivity index (χ2n) is 6.46. The smallest absolute Gasteiger partial charge is 0.223 e. The highest BCUT2D eigenvalue weighted by molar-refractivity contribution is 5.77. The maximum Gasteiger partial charge on any atom is 0.223 e. The Hall–Kier alpha value is -2.34. The Kier molecular flexibility index (Phi) is 5.93. The number of amides is 1. The van der Waals surface area contributed by atoms with Gasteiger partial charge in [-0.2, -0.15) is 0 Å². The molecule has 0 aliphatic carbocycles. The molecule has 2 aromatic carbocycles. The van der Waals surface area contributed by atoms with E-state index >= 15 is 0 Å². The topological polar surface area (TPSA) is 32.3 Å². The van der Waals surface area contributed by atoms with Crippen LogP contribution < -0.4 is 5.32 Å². The molecule has 0 radical (unpaired) electrons. The molecule has 0 spiro atoms. The Bertz CT molecular complexity index is 781. The number of piperazine rings is 1. The van der Waals surface area contributed by atoms with Crippen LogP contribution in [0.15, 0.2) is 42.5 Å². The highest BCUT2D eigenvalue weighted by atomic mass is 19.2. The van der Waals surface area contributed by atoms with Gasteiger partial charge in [0.2, 0.25) is 5.91 Å². The third-order valence-electron chi connectivity index (χ3n) is 4.64. The van der Waals surface area contributed by atoms with Crippen molar-refractivity contribution in [2.45, 2.75) is 25.3 Å². The van der Waals surface area contributed by atoms with Crippen LogP contribution in [0.3, 0.4) is 0 Å². The molecule has 3 rings (SSSR count). The molecule has 0 bridgehead atoms. The van der Waals surface area contributed by atoms with E-state index in [4.69, 9.17) is 0 Å². The molecule has 138 valence electrons. The molecule has 1 aliphatic heterocycles. The van der Waals surface area contributed by atoms with Crippen LogP contribution in [0.2, 0.25) is 0 Å². The van der Waals surface area contributed by atoms with Gasteiger partial charge in [0, 0.05) is 26.1 Å². The van der Waals surface area contributed by atoms with Crippen molar-refractivity contribution in [3.8, 4) is 0 Å². The molecule has 1 saturated heterocycles. The summed E-state index contributed by atoms with van der Waals surface area (Å²) in [7, 11) is 0. The monoisotopic (exact) mass is 362 g/mol. The summed E-state index contributed by atoms with van der Waals surface area (Å²) < 4.78 is 39.7. The molecule has 0 saturated carbocycles.